The van der Waals surface area contributed by atoms with E-state index in [2.05, 4.69) is 0 Å². The number of benzene rings is 1. The van der Waals surface area contributed by atoms with Crippen molar-refractivity contribution in [3.8, 4) is 0 Å². The normalized spacial score (nSPS) is 12.5. The fraction of sp³-hybridized carbons (Fsp3) is 0.111. The van der Waals surface area contributed by atoms with E-state index in [1.807, 2.05) is 0 Å². The Labute approximate surface area is 76.3 Å². The first-order valence-corrected chi connectivity index (χ1v) is 3.90. The number of halogens is 1. The Kier molecular flexibility index (Phi) is 2.61. The summed E-state index contributed by atoms with van der Waals surface area (Å²) in [7, 11) is 0. The molecule has 3 N–H and O–H groups in total. The van der Waals surface area contributed by atoms with Gasteiger partial charge in [-0.1, -0.05) is 11.6 Å². The van der Waals surface area contributed by atoms with Crippen molar-refractivity contribution in [1.29, 1.82) is 0 Å². The Morgan fingerprint density at radius 2 is 1.83 bits per heavy atom. The fourth-order valence-corrected chi connectivity index (χ4v) is 0.961. The standard InChI is InChI=1S/C9H10ClNO/c1-6(11)9(12)7-2-4-8(10)5-3-7/h2-5,12H,11H2,1H3/b9-6+. The molecular formula is C9H10ClNO. The molecular weight excluding hydrogens is 174 g/mol. The molecule has 0 radical (unpaired) electrons. The molecule has 0 unspecified atom stereocenters. The second kappa shape index (κ2) is 3.50. The molecule has 1 aromatic rings. The molecule has 0 fully saturated rings. The molecule has 0 bridgehead atoms. The van der Waals surface area contributed by atoms with Gasteiger partial charge in [0.25, 0.3) is 0 Å². The van der Waals surface area contributed by atoms with Gasteiger partial charge in [0.2, 0.25) is 0 Å². The van der Waals surface area contributed by atoms with Gasteiger partial charge in [-0.05, 0) is 31.2 Å². The predicted octanol–water partition coefficient (Wildman–Crippen LogP) is 2.55. The van der Waals surface area contributed by atoms with Crippen LogP contribution < -0.4 is 5.73 Å². The number of nitrogens with two attached hydrogens (primary N) is 1. The van der Waals surface area contributed by atoms with Crippen LogP contribution in [-0.2, 0) is 0 Å². The van der Waals surface area contributed by atoms with Crippen molar-refractivity contribution in [3.05, 3.63) is 40.5 Å². The van der Waals surface area contributed by atoms with E-state index in [4.69, 9.17) is 17.3 Å². The average molecular weight is 184 g/mol. The van der Waals surface area contributed by atoms with Crippen LogP contribution in [0.3, 0.4) is 0 Å². The zero-order valence-corrected chi connectivity index (χ0v) is 7.47. The summed E-state index contributed by atoms with van der Waals surface area (Å²) in [5, 5.41) is 10.0. The molecule has 12 heavy (non-hydrogen) atoms. The summed E-state index contributed by atoms with van der Waals surface area (Å²) in [6.45, 7) is 1.64. The SMILES string of the molecule is C/C(N)=C(\O)c1ccc(Cl)cc1. The third-order valence-corrected chi connectivity index (χ3v) is 1.74. The molecule has 0 saturated heterocycles. The van der Waals surface area contributed by atoms with Crippen molar-refractivity contribution in [2.75, 3.05) is 0 Å². The van der Waals surface area contributed by atoms with Gasteiger partial charge in [0.15, 0.2) is 0 Å². The van der Waals surface area contributed by atoms with E-state index >= 15 is 0 Å². The first-order chi connectivity index (χ1) is 5.61. The Bertz CT molecular complexity index is 299. The topological polar surface area (TPSA) is 46.2 Å². The Morgan fingerprint density at radius 1 is 1.33 bits per heavy atom. The Morgan fingerprint density at radius 3 is 2.25 bits per heavy atom. The second-order valence-electron chi connectivity index (χ2n) is 2.54. The summed E-state index contributed by atoms with van der Waals surface area (Å²) < 4.78 is 0. The number of aliphatic hydroxyl groups is 1. The molecule has 0 amide bonds. The Hall–Kier alpha value is -1.15. The lowest BCUT2D eigenvalue weighted by Gasteiger charge is -2.01. The van der Waals surface area contributed by atoms with Crippen molar-refractivity contribution >= 4 is 17.4 Å². The predicted molar refractivity (Wildman–Crippen MR) is 50.9 cm³/mol. The summed E-state index contributed by atoms with van der Waals surface area (Å²) in [5.41, 5.74) is 6.48. The number of allylic oxidation sites excluding steroid dienone is 1. The minimum Gasteiger partial charge on any atom is -0.506 e. The van der Waals surface area contributed by atoms with E-state index in [-0.39, 0.29) is 5.76 Å². The number of hydrogen-bond acceptors (Lipinski definition) is 2. The molecule has 0 aromatic heterocycles. The molecule has 0 aliphatic carbocycles. The van der Waals surface area contributed by atoms with Gasteiger partial charge in [0.1, 0.15) is 5.76 Å². The van der Waals surface area contributed by atoms with Crippen LogP contribution in [0.15, 0.2) is 30.0 Å². The summed E-state index contributed by atoms with van der Waals surface area (Å²) in [6, 6.07) is 6.84. The van der Waals surface area contributed by atoms with Crippen LogP contribution in [0.1, 0.15) is 12.5 Å². The van der Waals surface area contributed by atoms with Gasteiger partial charge < -0.3 is 10.8 Å². The quantitative estimate of drug-likeness (QED) is 0.658. The van der Waals surface area contributed by atoms with E-state index < -0.39 is 0 Å². The highest BCUT2D eigenvalue weighted by atomic mass is 35.5. The van der Waals surface area contributed by atoms with Gasteiger partial charge >= 0.3 is 0 Å². The molecule has 0 aliphatic heterocycles. The highest BCUT2D eigenvalue weighted by molar-refractivity contribution is 6.30. The maximum absolute atomic E-state index is 9.40. The van der Waals surface area contributed by atoms with Crippen molar-refractivity contribution < 1.29 is 5.11 Å². The molecule has 0 atom stereocenters. The molecule has 0 aliphatic rings. The van der Waals surface area contributed by atoms with Crippen LogP contribution in [-0.4, -0.2) is 5.11 Å². The second-order valence-corrected chi connectivity index (χ2v) is 2.97. The van der Waals surface area contributed by atoms with Crippen LogP contribution in [0.5, 0.6) is 0 Å². The smallest absolute Gasteiger partial charge is 0.141 e. The third kappa shape index (κ3) is 1.92. The zero-order valence-electron chi connectivity index (χ0n) is 6.71. The molecule has 0 saturated carbocycles. The fourth-order valence-electron chi connectivity index (χ4n) is 0.835. The minimum absolute atomic E-state index is 0.103. The van der Waals surface area contributed by atoms with Crippen LogP contribution in [0.25, 0.3) is 5.76 Å². The van der Waals surface area contributed by atoms with Crippen LogP contribution >= 0.6 is 11.6 Å². The van der Waals surface area contributed by atoms with Crippen LogP contribution in [0.4, 0.5) is 0 Å². The molecule has 2 nitrogen and oxygen atoms in total. The van der Waals surface area contributed by atoms with E-state index in [0.29, 0.717) is 16.3 Å². The van der Waals surface area contributed by atoms with Gasteiger partial charge in [-0.15, -0.1) is 0 Å². The van der Waals surface area contributed by atoms with Crippen LogP contribution in [0.2, 0.25) is 5.02 Å². The summed E-state index contributed by atoms with van der Waals surface area (Å²) in [4.78, 5) is 0. The number of rotatable bonds is 1. The number of hydrogen-bond donors (Lipinski definition) is 2. The zero-order chi connectivity index (χ0) is 9.14. The third-order valence-electron chi connectivity index (χ3n) is 1.49. The average Bonchev–Trinajstić information content (AvgIpc) is 2.04. The van der Waals surface area contributed by atoms with E-state index in [9.17, 15) is 5.11 Å². The van der Waals surface area contributed by atoms with Crippen molar-refractivity contribution in [1.82, 2.24) is 0 Å². The van der Waals surface area contributed by atoms with Gasteiger partial charge in [0.05, 0.1) is 0 Å². The molecule has 0 spiro atoms. The molecule has 3 heteroatoms. The lowest BCUT2D eigenvalue weighted by molar-refractivity contribution is 0.505. The maximum Gasteiger partial charge on any atom is 0.141 e. The van der Waals surface area contributed by atoms with E-state index in [1.165, 1.54) is 0 Å². The van der Waals surface area contributed by atoms with Gasteiger partial charge in [-0.2, -0.15) is 0 Å². The Balaban J connectivity index is 3.06. The van der Waals surface area contributed by atoms with Crippen LogP contribution in [0, 0.1) is 0 Å². The summed E-state index contributed by atoms with van der Waals surface area (Å²) in [5.74, 6) is 0.103. The maximum atomic E-state index is 9.40. The van der Waals surface area contributed by atoms with E-state index in [0.717, 1.165) is 0 Å². The summed E-state index contributed by atoms with van der Waals surface area (Å²) in [6.07, 6.45) is 0. The van der Waals surface area contributed by atoms with Crippen molar-refractivity contribution in [3.63, 3.8) is 0 Å². The van der Waals surface area contributed by atoms with Gasteiger partial charge in [0, 0.05) is 16.3 Å². The van der Waals surface area contributed by atoms with Crippen molar-refractivity contribution in [2.45, 2.75) is 6.92 Å². The van der Waals surface area contributed by atoms with Gasteiger partial charge in [-0.25, -0.2) is 0 Å². The lowest BCUT2D eigenvalue weighted by Crippen LogP contribution is -1.96. The first kappa shape index (κ1) is 8.94. The minimum atomic E-state index is 0.103. The summed E-state index contributed by atoms with van der Waals surface area (Å²) >= 11 is 5.67. The van der Waals surface area contributed by atoms with E-state index in [1.54, 1.807) is 31.2 Å². The number of aliphatic hydroxyl groups excluding tert-OH is 1. The molecule has 1 rings (SSSR count). The van der Waals surface area contributed by atoms with Crippen molar-refractivity contribution in [2.24, 2.45) is 5.73 Å². The lowest BCUT2D eigenvalue weighted by atomic mass is 10.1. The first-order valence-electron chi connectivity index (χ1n) is 3.52. The molecule has 0 heterocycles. The molecule has 1 aromatic carbocycles. The largest absolute Gasteiger partial charge is 0.506 e. The van der Waals surface area contributed by atoms with Gasteiger partial charge in [-0.3, -0.25) is 0 Å². The highest BCUT2D eigenvalue weighted by Gasteiger charge is 1.99. The highest BCUT2D eigenvalue weighted by Crippen LogP contribution is 2.16. The molecule has 64 valence electrons. The monoisotopic (exact) mass is 183 g/mol.